The van der Waals surface area contributed by atoms with Crippen molar-refractivity contribution in [3.05, 3.63) is 28.2 Å². The molecular formula is C13H17Cl2N3O2S. The Morgan fingerprint density at radius 2 is 2.33 bits per heavy atom. The Balaban J connectivity index is 0.00000220. The van der Waals surface area contributed by atoms with Gasteiger partial charge in [-0.2, -0.15) is 0 Å². The van der Waals surface area contributed by atoms with E-state index in [-0.39, 0.29) is 24.9 Å². The topological polar surface area (TPSA) is 77.2 Å². The minimum absolute atomic E-state index is 0. The van der Waals surface area contributed by atoms with E-state index in [2.05, 4.69) is 10.3 Å². The quantitative estimate of drug-likeness (QED) is 0.836. The summed E-state index contributed by atoms with van der Waals surface area (Å²) in [5.41, 5.74) is 6.51. The Morgan fingerprint density at radius 1 is 1.57 bits per heavy atom. The highest BCUT2D eigenvalue weighted by atomic mass is 35.5. The first-order chi connectivity index (χ1) is 9.60. The fourth-order valence-electron chi connectivity index (χ4n) is 1.73. The van der Waals surface area contributed by atoms with Crippen molar-refractivity contribution in [2.75, 3.05) is 20.3 Å². The molecule has 2 aromatic rings. The zero-order valence-electron chi connectivity index (χ0n) is 11.5. The van der Waals surface area contributed by atoms with Crippen LogP contribution in [0.15, 0.2) is 18.2 Å². The Hall–Kier alpha value is -0.920. The number of hydrogen-bond acceptors (Lipinski definition) is 5. The van der Waals surface area contributed by atoms with E-state index in [4.69, 9.17) is 22.1 Å². The molecule has 1 heterocycles. The molecule has 0 aliphatic carbocycles. The second kappa shape index (κ2) is 8.51. The first-order valence-corrected chi connectivity index (χ1v) is 7.37. The fourth-order valence-corrected chi connectivity index (χ4v) is 2.85. The number of ether oxygens (including phenoxy) is 1. The molecule has 1 unspecified atom stereocenters. The first kappa shape index (κ1) is 18.1. The van der Waals surface area contributed by atoms with Crippen molar-refractivity contribution >= 4 is 51.5 Å². The van der Waals surface area contributed by atoms with Gasteiger partial charge >= 0.3 is 0 Å². The maximum atomic E-state index is 11.6. The van der Waals surface area contributed by atoms with Gasteiger partial charge in [0.25, 0.3) is 0 Å². The molecule has 0 spiro atoms. The van der Waals surface area contributed by atoms with Gasteiger partial charge in [0.05, 0.1) is 21.8 Å². The molecule has 21 heavy (non-hydrogen) atoms. The van der Waals surface area contributed by atoms with Crippen molar-refractivity contribution in [2.45, 2.75) is 12.5 Å². The van der Waals surface area contributed by atoms with E-state index in [0.29, 0.717) is 18.0 Å². The van der Waals surface area contributed by atoms with Crippen LogP contribution in [0.5, 0.6) is 0 Å². The summed E-state index contributed by atoms with van der Waals surface area (Å²) in [5, 5.41) is 4.40. The number of rotatable bonds is 6. The third kappa shape index (κ3) is 5.09. The van der Waals surface area contributed by atoms with Crippen molar-refractivity contribution in [2.24, 2.45) is 5.73 Å². The van der Waals surface area contributed by atoms with Crippen molar-refractivity contribution < 1.29 is 9.53 Å². The van der Waals surface area contributed by atoms with Crippen LogP contribution in [0.25, 0.3) is 10.2 Å². The Bertz CT molecular complexity index is 606. The number of nitrogens with zero attached hydrogens (tertiary/aromatic N) is 1. The molecule has 0 saturated carbocycles. The molecule has 8 heteroatoms. The molecule has 3 N–H and O–H groups in total. The molecule has 5 nitrogen and oxygen atoms in total. The summed E-state index contributed by atoms with van der Waals surface area (Å²) in [7, 11) is 1.51. The lowest BCUT2D eigenvalue weighted by molar-refractivity contribution is -0.123. The van der Waals surface area contributed by atoms with Gasteiger partial charge < -0.3 is 15.8 Å². The number of hydrogen-bond donors (Lipinski definition) is 2. The van der Waals surface area contributed by atoms with E-state index in [9.17, 15) is 4.79 Å². The standard InChI is InChI=1S/C13H16ClN3O2S.ClH/c1-19-7-9(15)13(18)16-5-4-12-17-10-6-8(14)2-3-11(10)20-12;/h2-3,6,9H,4-5,7,15H2,1H3,(H,16,18);1H. The van der Waals surface area contributed by atoms with Crippen LogP contribution in [0.4, 0.5) is 0 Å². The number of amides is 1. The van der Waals surface area contributed by atoms with E-state index in [1.165, 1.54) is 7.11 Å². The average molecular weight is 350 g/mol. The Morgan fingerprint density at radius 3 is 3.05 bits per heavy atom. The number of methoxy groups -OCH3 is 1. The van der Waals surface area contributed by atoms with Gasteiger partial charge in [0.2, 0.25) is 5.91 Å². The lowest BCUT2D eigenvalue weighted by Crippen LogP contribution is -2.44. The number of carbonyl (C=O) groups is 1. The molecule has 1 atom stereocenters. The van der Waals surface area contributed by atoms with E-state index < -0.39 is 6.04 Å². The highest BCUT2D eigenvalue weighted by Gasteiger charge is 2.12. The molecule has 0 aliphatic rings. The van der Waals surface area contributed by atoms with Gasteiger partial charge in [-0.3, -0.25) is 4.79 Å². The van der Waals surface area contributed by atoms with Crippen molar-refractivity contribution in [3.63, 3.8) is 0 Å². The number of nitrogens with one attached hydrogen (secondary N) is 1. The summed E-state index contributed by atoms with van der Waals surface area (Å²) in [4.78, 5) is 16.1. The van der Waals surface area contributed by atoms with E-state index in [0.717, 1.165) is 15.2 Å². The van der Waals surface area contributed by atoms with Crippen LogP contribution in [0, 0.1) is 0 Å². The number of thiazole rings is 1. The second-order valence-electron chi connectivity index (χ2n) is 4.32. The largest absolute Gasteiger partial charge is 0.383 e. The molecule has 1 amide bonds. The molecule has 0 fully saturated rings. The van der Waals surface area contributed by atoms with E-state index >= 15 is 0 Å². The van der Waals surface area contributed by atoms with Crippen LogP contribution in [-0.2, 0) is 16.0 Å². The van der Waals surface area contributed by atoms with Crippen LogP contribution in [0.3, 0.4) is 0 Å². The number of fused-ring (bicyclic) bond motifs is 1. The molecular weight excluding hydrogens is 333 g/mol. The molecule has 0 aliphatic heterocycles. The van der Waals surface area contributed by atoms with Crippen LogP contribution in [-0.4, -0.2) is 37.2 Å². The SMILES string of the molecule is COCC(N)C(=O)NCCc1nc2cc(Cl)ccc2s1.Cl. The number of aromatic nitrogens is 1. The highest BCUT2D eigenvalue weighted by molar-refractivity contribution is 7.18. The summed E-state index contributed by atoms with van der Waals surface area (Å²) in [6.45, 7) is 0.718. The van der Waals surface area contributed by atoms with Gasteiger partial charge in [0.1, 0.15) is 6.04 Å². The fraction of sp³-hybridized carbons (Fsp3) is 0.385. The number of carbonyl (C=O) groups excluding carboxylic acids is 1. The predicted molar refractivity (Wildman–Crippen MR) is 88.4 cm³/mol. The van der Waals surface area contributed by atoms with E-state index in [1.807, 2.05) is 18.2 Å². The third-order valence-corrected chi connectivity index (χ3v) is 4.05. The molecule has 0 saturated heterocycles. The maximum absolute atomic E-state index is 11.6. The number of benzene rings is 1. The Labute approximate surface area is 138 Å². The minimum Gasteiger partial charge on any atom is -0.383 e. The molecule has 0 bridgehead atoms. The zero-order valence-corrected chi connectivity index (χ0v) is 13.9. The molecule has 1 aromatic heterocycles. The van der Waals surface area contributed by atoms with E-state index in [1.54, 1.807) is 11.3 Å². The maximum Gasteiger partial charge on any atom is 0.239 e. The summed E-state index contributed by atoms with van der Waals surface area (Å²) in [6, 6.07) is 5.00. The van der Waals surface area contributed by atoms with Crippen LogP contribution >= 0.6 is 35.3 Å². The summed E-state index contributed by atoms with van der Waals surface area (Å²) < 4.78 is 5.92. The lowest BCUT2D eigenvalue weighted by Gasteiger charge is -2.10. The molecule has 116 valence electrons. The van der Waals surface area contributed by atoms with Crippen LogP contribution in [0.2, 0.25) is 5.02 Å². The van der Waals surface area contributed by atoms with Crippen LogP contribution < -0.4 is 11.1 Å². The molecule has 1 aromatic carbocycles. The van der Waals surface area contributed by atoms with Crippen LogP contribution in [0.1, 0.15) is 5.01 Å². The van der Waals surface area contributed by atoms with Gasteiger partial charge in [-0.15, -0.1) is 23.7 Å². The first-order valence-electron chi connectivity index (χ1n) is 6.17. The van der Waals surface area contributed by atoms with Crippen molar-refractivity contribution in [1.29, 1.82) is 0 Å². The normalized spacial score (nSPS) is 12.0. The van der Waals surface area contributed by atoms with Crippen molar-refractivity contribution in [1.82, 2.24) is 10.3 Å². The minimum atomic E-state index is -0.630. The number of halogens is 2. The lowest BCUT2D eigenvalue weighted by atomic mass is 10.3. The van der Waals surface area contributed by atoms with Gasteiger partial charge in [-0.25, -0.2) is 4.98 Å². The summed E-state index contributed by atoms with van der Waals surface area (Å²) >= 11 is 7.52. The Kier molecular flexibility index (Phi) is 7.34. The zero-order chi connectivity index (χ0) is 14.5. The summed E-state index contributed by atoms with van der Waals surface area (Å²) in [5.74, 6) is -0.212. The predicted octanol–water partition coefficient (Wildman–Crippen LogP) is 2.00. The second-order valence-corrected chi connectivity index (χ2v) is 5.87. The smallest absolute Gasteiger partial charge is 0.239 e. The van der Waals surface area contributed by atoms with Gasteiger partial charge in [-0.1, -0.05) is 11.6 Å². The van der Waals surface area contributed by atoms with Crippen molar-refractivity contribution in [3.8, 4) is 0 Å². The number of nitrogens with two attached hydrogens (primary N) is 1. The van der Waals surface area contributed by atoms with Gasteiger partial charge in [0, 0.05) is 25.1 Å². The average Bonchev–Trinajstić information content (AvgIpc) is 2.80. The summed E-state index contributed by atoms with van der Waals surface area (Å²) in [6.07, 6.45) is 0.669. The highest BCUT2D eigenvalue weighted by Crippen LogP contribution is 2.24. The van der Waals surface area contributed by atoms with Gasteiger partial charge in [0.15, 0.2) is 0 Å². The molecule has 2 rings (SSSR count). The third-order valence-electron chi connectivity index (χ3n) is 2.71. The monoisotopic (exact) mass is 349 g/mol. The van der Waals surface area contributed by atoms with Gasteiger partial charge in [-0.05, 0) is 18.2 Å². The molecule has 0 radical (unpaired) electrons.